The van der Waals surface area contributed by atoms with E-state index < -0.39 is 29.4 Å². The van der Waals surface area contributed by atoms with Gasteiger partial charge in [0.15, 0.2) is 0 Å². The van der Waals surface area contributed by atoms with Crippen molar-refractivity contribution < 1.29 is 27.9 Å². The number of aliphatic hydroxyl groups excluding tert-OH is 1. The number of imide groups is 1. The molecule has 0 aromatic heterocycles. The Morgan fingerprint density at radius 2 is 1.83 bits per heavy atom. The van der Waals surface area contributed by atoms with Gasteiger partial charge in [-0.05, 0) is 30.5 Å². The number of rotatable bonds is 5. The first kappa shape index (κ1) is 21.3. The zero-order valence-corrected chi connectivity index (χ0v) is 16.9. The Hall–Kier alpha value is -1.97. The fourth-order valence-electron chi connectivity index (χ4n) is 4.88. The monoisotopic (exact) mass is 425 g/mol. The van der Waals surface area contributed by atoms with Crippen LogP contribution in [0.4, 0.5) is 13.2 Å². The van der Waals surface area contributed by atoms with Gasteiger partial charge in [-0.25, -0.2) is 0 Å². The van der Waals surface area contributed by atoms with Crippen LogP contribution in [0.1, 0.15) is 37.3 Å². The molecule has 3 fully saturated rings. The highest BCUT2D eigenvalue weighted by Crippen LogP contribution is 2.41. The smallest absolute Gasteiger partial charge is 0.392 e. The van der Waals surface area contributed by atoms with Crippen molar-refractivity contribution in [2.24, 2.45) is 0 Å². The average Bonchev–Trinajstić information content (AvgIpc) is 3.05. The molecule has 6 nitrogen and oxygen atoms in total. The minimum atomic E-state index is -4.37. The molecule has 1 N–H and O–H groups in total. The number of carbonyl (C=O) groups is 2. The number of β-amino-alcohol motifs (C(OH)–C–C–N with tert-alkyl or cyclic N) is 1. The molecule has 0 radical (unpaired) electrons. The van der Waals surface area contributed by atoms with Gasteiger partial charge in [-0.3, -0.25) is 24.3 Å². The minimum Gasteiger partial charge on any atom is -0.392 e. The molecule has 3 heterocycles. The number of carbonyl (C=O) groups excluding carboxylic acids is 2. The maximum Gasteiger partial charge on any atom is 0.416 e. The van der Waals surface area contributed by atoms with Crippen LogP contribution in [0.5, 0.6) is 0 Å². The number of aliphatic hydroxyl groups is 1. The minimum absolute atomic E-state index is 0.213. The Balaban J connectivity index is 1.48. The number of likely N-dealkylation sites (tertiary alicyclic amines) is 1. The van der Waals surface area contributed by atoms with Crippen LogP contribution in [0.2, 0.25) is 0 Å². The van der Waals surface area contributed by atoms with E-state index in [1.807, 2.05) is 16.7 Å². The first-order chi connectivity index (χ1) is 14.2. The molecule has 3 saturated heterocycles. The summed E-state index contributed by atoms with van der Waals surface area (Å²) in [5.74, 6) is -0.438. The summed E-state index contributed by atoms with van der Waals surface area (Å²) in [5.41, 5.74) is -0.791. The van der Waals surface area contributed by atoms with Crippen molar-refractivity contribution in [2.75, 3.05) is 26.2 Å². The zero-order chi connectivity index (χ0) is 21.7. The first-order valence-corrected chi connectivity index (χ1v) is 10.3. The Kier molecular flexibility index (Phi) is 5.40. The van der Waals surface area contributed by atoms with Crippen molar-refractivity contribution in [3.63, 3.8) is 0 Å². The maximum atomic E-state index is 13.3. The standard InChI is InChI=1S/C21H26F3N3O3/c1-2-3-8-26-18(29)17-9-16(28)11-27(17)20(19(26)30)12-25(13-20)10-14-4-6-15(7-5-14)21(22,23)24/h4-7,16-17,28H,2-3,8-13H2,1H3/t16-,17+/m1/s1. The summed E-state index contributed by atoms with van der Waals surface area (Å²) in [6.45, 7) is 3.89. The summed E-state index contributed by atoms with van der Waals surface area (Å²) in [6.07, 6.45) is -3.08. The van der Waals surface area contributed by atoms with E-state index in [1.54, 1.807) is 0 Å². The number of piperazine rings is 1. The van der Waals surface area contributed by atoms with Crippen LogP contribution in [-0.4, -0.2) is 75.5 Å². The van der Waals surface area contributed by atoms with Gasteiger partial charge >= 0.3 is 6.18 Å². The van der Waals surface area contributed by atoms with Crippen molar-refractivity contribution in [3.8, 4) is 0 Å². The lowest BCUT2D eigenvalue weighted by molar-refractivity contribution is -0.180. The second-order valence-corrected chi connectivity index (χ2v) is 8.58. The third-order valence-corrected chi connectivity index (χ3v) is 6.42. The highest BCUT2D eigenvalue weighted by molar-refractivity contribution is 6.06. The maximum absolute atomic E-state index is 13.3. The van der Waals surface area contributed by atoms with Crippen molar-refractivity contribution >= 4 is 11.8 Å². The largest absolute Gasteiger partial charge is 0.416 e. The van der Waals surface area contributed by atoms with Gasteiger partial charge in [0.25, 0.3) is 5.91 Å². The zero-order valence-electron chi connectivity index (χ0n) is 16.9. The van der Waals surface area contributed by atoms with Gasteiger partial charge in [-0.1, -0.05) is 25.5 Å². The van der Waals surface area contributed by atoms with E-state index in [0.717, 1.165) is 30.5 Å². The lowest BCUT2D eigenvalue weighted by Gasteiger charge is -2.58. The molecule has 0 bridgehead atoms. The molecule has 2 amide bonds. The number of hydrogen-bond donors (Lipinski definition) is 1. The predicted octanol–water partition coefficient (Wildman–Crippen LogP) is 1.86. The fourth-order valence-corrected chi connectivity index (χ4v) is 4.88. The molecule has 30 heavy (non-hydrogen) atoms. The molecule has 1 aromatic carbocycles. The van der Waals surface area contributed by atoms with Gasteiger partial charge in [-0.15, -0.1) is 0 Å². The van der Waals surface area contributed by atoms with Crippen LogP contribution in [0.15, 0.2) is 24.3 Å². The van der Waals surface area contributed by atoms with Gasteiger partial charge < -0.3 is 5.11 Å². The van der Waals surface area contributed by atoms with Gasteiger partial charge in [0.2, 0.25) is 5.91 Å². The summed E-state index contributed by atoms with van der Waals surface area (Å²) in [7, 11) is 0. The molecule has 1 aromatic rings. The molecule has 2 atom stereocenters. The number of hydrogen-bond acceptors (Lipinski definition) is 5. The number of nitrogens with zero attached hydrogens (tertiary/aromatic N) is 3. The molecule has 1 spiro atoms. The number of benzene rings is 1. The van der Waals surface area contributed by atoms with Crippen LogP contribution in [-0.2, 0) is 22.3 Å². The average molecular weight is 425 g/mol. The van der Waals surface area contributed by atoms with Crippen molar-refractivity contribution in [3.05, 3.63) is 35.4 Å². The molecule has 9 heteroatoms. The Labute approximate surface area is 173 Å². The van der Waals surface area contributed by atoms with Crippen LogP contribution >= 0.6 is 0 Å². The molecule has 3 aliphatic heterocycles. The van der Waals surface area contributed by atoms with Crippen molar-refractivity contribution in [1.29, 1.82) is 0 Å². The summed E-state index contributed by atoms with van der Waals surface area (Å²) in [4.78, 5) is 31.3. The van der Waals surface area contributed by atoms with E-state index in [1.165, 1.54) is 17.0 Å². The Morgan fingerprint density at radius 3 is 2.43 bits per heavy atom. The predicted molar refractivity (Wildman–Crippen MR) is 102 cm³/mol. The number of halogens is 3. The lowest BCUT2D eigenvalue weighted by atomic mass is 9.82. The van der Waals surface area contributed by atoms with Crippen LogP contribution in [0, 0.1) is 0 Å². The number of fused-ring (bicyclic) bond motifs is 2. The van der Waals surface area contributed by atoms with Crippen LogP contribution in [0.25, 0.3) is 0 Å². The molecule has 3 aliphatic rings. The summed E-state index contributed by atoms with van der Waals surface area (Å²) >= 11 is 0. The van der Waals surface area contributed by atoms with E-state index in [0.29, 0.717) is 32.6 Å². The highest BCUT2D eigenvalue weighted by atomic mass is 19.4. The fraction of sp³-hybridized carbons (Fsp3) is 0.619. The molecule has 4 rings (SSSR count). The van der Waals surface area contributed by atoms with Crippen molar-refractivity contribution in [2.45, 2.75) is 56.6 Å². The Bertz CT molecular complexity index is 821. The normalized spacial score (nSPS) is 26.9. The number of alkyl halides is 3. The molecule has 0 saturated carbocycles. The van der Waals surface area contributed by atoms with Gasteiger partial charge in [0.1, 0.15) is 5.54 Å². The third kappa shape index (κ3) is 3.52. The Morgan fingerprint density at radius 1 is 1.17 bits per heavy atom. The third-order valence-electron chi connectivity index (χ3n) is 6.42. The number of amides is 2. The second kappa shape index (κ2) is 7.62. The van der Waals surface area contributed by atoms with Crippen LogP contribution < -0.4 is 0 Å². The van der Waals surface area contributed by atoms with E-state index in [9.17, 15) is 27.9 Å². The molecular formula is C21H26F3N3O3. The van der Waals surface area contributed by atoms with E-state index >= 15 is 0 Å². The SMILES string of the molecule is CCCCN1C(=O)[C@@H]2C[C@@H](O)CN2C2(CN(Cc3ccc(C(F)(F)F)cc3)C2)C1=O. The summed E-state index contributed by atoms with van der Waals surface area (Å²) < 4.78 is 38.2. The van der Waals surface area contributed by atoms with E-state index in [4.69, 9.17) is 0 Å². The van der Waals surface area contributed by atoms with Gasteiger partial charge in [0.05, 0.1) is 17.7 Å². The lowest BCUT2D eigenvalue weighted by Crippen LogP contribution is -2.81. The molecular weight excluding hydrogens is 399 g/mol. The second-order valence-electron chi connectivity index (χ2n) is 8.58. The van der Waals surface area contributed by atoms with Crippen molar-refractivity contribution in [1.82, 2.24) is 14.7 Å². The number of unbranched alkanes of at least 4 members (excludes halogenated alkanes) is 1. The highest BCUT2D eigenvalue weighted by Gasteiger charge is 2.63. The van der Waals surface area contributed by atoms with E-state index in [2.05, 4.69) is 0 Å². The summed E-state index contributed by atoms with van der Waals surface area (Å²) in [6, 6.07) is 4.55. The van der Waals surface area contributed by atoms with Crippen LogP contribution in [0.3, 0.4) is 0 Å². The molecule has 0 unspecified atom stereocenters. The van der Waals surface area contributed by atoms with E-state index in [-0.39, 0.29) is 18.4 Å². The first-order valence-electron chi connectivity index (χ1n) is 10.3. The van der Waals surface area contributed by atoms with Gasteiger partial charge in [0, 0.05) is 32.7 Å². The van der Waals surface area contributed by atoms with Gasteiger partial charge in [-0.2, -0.15) is 13.2 Å². The molecule has 164 valence electrons. The quantitative estimate of drug-likeness (QED) is 0.730. The summed E-state index contributed by atoms with van der Waals surface area (Å²) in [5, 5.41) is 10.1. The molecule has 0 aliphatic carbocycles. The topological polar surface area (TPSA) is 64.1 Å².